The van der Waals surface area contributed by atoms with Crippen molar-refractivity contribution < 1.29 is 9.53 Å². The molecule has 1 aliphatic heterocycles. The van der Waals surface area contributed by atoms with Crippen LogP contribution in [0.4, 0.5) is 10.5 Å². The van der Waals surface area contributed by atoms with Crippen LogP contribution in [0.2, 0.25) is 5.02 Å². The Kier molecular flexibility index (Phi) is 5.07. The lowest BCUT2D eigenvalue weighted by molar-refractivity contribution is 0.113. The molecule has 7 heteroatoms. The molecule has 1 saturated heterocycles. The number of carbonyl (C=O) groups excluding carboxylic acids is 1. The van der Waals surface area contributed by atoms with E-state index in [4.69, 9.17) is 16.3 Å². The van der Waals surface area contributed by atoms with E-state index >= 15 is 0 Å². The zero-order valence-electron chi connectivity index (χ0n) is 14.6. The number of ether oxygens (including phenoxy) is 1. The average molecular weight is 383 g/mol. The number of amides is 2. The third kappa shape index (κ3) is 4.11. The maximum atomic E-state index is 12.4. The zero-order chi connectivity index (χ0) is 18.6. The van der Waals surface area contributed by atoms with E-state index in [0.29, 0.717) is 24.0 Å². The molecule has 138 valence electrons. The van der Waals surface area contributed by atoms with E-state index in [0.717, 1.165) is 29.4 Å². The van der Waals surface area contributed by atoms with Crippen LogP contribution in [-0.4, -0.2) is 40.1 Å². The standard InChI is InChI=1S/C20H19ClN4O2/c21-14-5-7-15(8-6-14)24-20(26)25-11-9-16(10-12-25)27-19-17-3-1-2-4-18(17)22-13-23-19/h1-8,13,16H,9-12H2,(H,24,26). The van der Waals surface area contributed by atoms with Crippen LogP contribution in [0.3, 0.4) is 0 Å². The van der Waals surface area contributed by atoms with Gasteiger partial charge in [-0.15, -0.1) is 0 Å². The Morgan fingerprint density at radius 3 is 2.59 bits per heavy atom. The first-order chi connectivity index (χ1) is 13.2. The van der Waals surface area contributed by atoms with E-state index in [-0.39, 0.29) is 12.1 Å². The highest BCUT2D eigenvalue weighted by Gasteiger charge is 2.24. The summed E-state index contributed by atoms with van der Waals surface area (Å²) >= 11 is 5.87. The minimum atomic E-state index is -0.108. The van der Waals surface area contributed by atoms with E-state index in [1.165, 1.54) is 6.33 Å². The molecule has 27 heavy (non-hydrogen) atoms. The summed E-state index contributed by atoms with van der Waals surface area (Å²) in [4.78, 5) is 22.7. The summed E-state index contributed by atoms with van der Waals surface area (Å²) in [6.45, 7) is 1.26. The van der Waals surface area contributed by atoms with Gasteiger partial charge in [0.25, 0.3) is 0 Å². The third-order valence-electron chi connectivity index (χ3n) is 4.61. The Hall–Kier alpha value is -2.86. The van der Waals surface area contributed by atoms with Gasteiger partial charge in [-0.3, -0.25) is 0 Å². The minimum absolute atomic E-state index is 0.0305. The highest BCUT2D eigenvalue weighted by molar-refractivity contribution is 6.30. The molecule has 0 unspecified atom stereocenters. The van der Waals surface area contributed by atoms with Gasteiger partial charge < -0.3 is 15.0 Å². The Bertz CT molecular complexity index is 935. The maximum absolute atomic E-state index is 12.4. The number of hydrogen-bond donors (Lipinski definition) is 1. The highest BCUT2D eigenvalue weighted by Crippen LogP contribution is 2.24. The summed E-state index contributed by atoms with van der Waals surface area (Å²) in [5.41, 5.74) is 1.59. The largest absolute Gasteiger partial charge is 0.474 e. The van der Waals surface area contributed by atoms with Gasteiger partial charge in [-0.1, -0.05) is 23.7 Å². The topological polar surface area (TPSA) is 67.4 Å². The first-order valence-electron chi connectivity index (χ1n) is 8.87. The quantitative estimate of drug-likeness (QED) is 0.730. The van der Waals surface area contributed by atoms with Crippen molar-refractivity contribution in [3.05, 3.63) is 59.9 Å². The van der Waals surface area contributed by atoms with Gasteiger partial charge >= 0.3 is 6.03 Å². The number of benzene rings is 2. The lowest BCUT2D eigenvalue weighted by Crippen LogP contribution is -2.43. The number of rotatable bonds is 3. The number of piperidine rings is 1. The molecule has 1 aromatic heterocycles. The summed E-state index contributed by atoms with van der Waals surface area (Å²) in [5.74, 6) is 0.602. The number of para-hydroxylation sites is 1. The Morgan fingerprint density at radius 2 is 1.81 bits per heavy atom. The molecule has 0 atom stereocenters. The second kappa shape index (κ2) is 7.80. The van der Waals surface area contributed by atoms with E-state index in [1.807, 2.05) is 24.3 Å². The molecule has 1 fully saturated rings. The van der Waals surface area contributed by atoms with Crippen LogP contribution in [0.25, 0.3) is 10.9 Å². The first kappa shape index (κ1) is 17.5. The summed E-state index contributed by atoms with van der Waals surface area (Å²) in [5, 5.41) is 4.44. The molecule has 0 spiro atoms. The fraction of sp³-hybridized carbons (Fsp3) is 0.250. The second-order valence-corrected chi connectivity index (χ2v) is 6.87. The molecule has 0 aliphatic carbocycles. The van der Waals surface area contributed by atoms with Gasteiger partial charge in [0.1, 0.15) is 12.4 Å². The van der Waals surface area contributed by atoms with Gasteiger partial charge in [-0.05, 0) is 36.4 Å². The number of halogens is 1. The lowest BCUT2D eigenvalue weighted by Gasteiger charge is -2.32. The van der Waals surface area contributed by atoms with E-state index in [2.05, 4.69) is 15.3 Å². The first-order valence-corrected chi connectivity index (χ1v) is 9.25. The van der Waals surface area contributed by atoms with Crippen LogP contribution in [0.1, 0.15) is 12.8 Å². The predicted octanol–water partition coefficient (Wildman–Crippen LogP) is 4.36. The number of likely N-dealkylation sites (tertiary alicyclic amines) is 1. The van der Waals surface area contributed by atoms with Crippen molar-refractivity contribution >= 4 is 34.2 Å². The van der Waals surface area contributed by atoms with Gasteiger partial charge in [0.05, 0.1) is 10.9 Å². The van der Waals surface area contributed by atoms with Crippen LogP contribution in [0, 0.1) is 0 Å². The monoisotopic (exact) mass is 382 g/mol. The molecule has 2 heterocycles. The van der Waals surface area contributed by atoms with Crippen LogP contribution < -0.4 is 10.1 Å². The summed E-state index contributed by atoms with van der Waals surface area (Å²) in [7, 11) is 0. The number of anilines is 1. The fourth-order valence-corrected chi connectivity index (χ4v) is 3.27. The number of hydrogen-bond acceptors (Lipinski definition) is 4. The molecular formula is C20H19ClN4O2. The van der Waals surface area contributed by atoms with E-state index in [1.54, 1.807) is 29.2 Å². The number of nitrogens with zero attached hydrogens (tertiary/aromatic N) is 3. The molecule has 1 aliphatic rings. The lowest BCUT2D eigenvalue weighted by atomic mass is 10.1. The van der Waals surface area contributed by atoms with Gasteiger partial charge in [0.2, 0.25) is 5.88 Å². The SMILES string of the molecule is O=C(Nc1ccc(Cl)cc1)N1CCC(Oc2ncnc3ccccc23)CC1. The van der Waals surface area contributed by atoms with E-state index < -0.39 is 0 Å². The zero-order valence-corrected chi connectivity index (χ0v) is 15.4. The van der Waals surface area contributed by atoms with Crippen molar-refractivity contribution in [1.29, 1.82) is 0 Å². The maximum Gasteiger partial charge on any atom is 0.321 e. The average Bonchev–Trinajstić information content (AvgIpc) is 2.70. The van der Waals surface area contributed by atoms with Gasteiger partial charge in [0, 0.05) is 36.6 Å². The molecule has 0 saturated carbocycles. The number of fused-ring (bicyclic) bond motifs is 1. The van der Waals surface area contributed by atoms with Crippen molar-refractivity contribution in [2.75, 3.05) is 18.4 Å². The third-order valence-corrected chi connectivity index (χ3v) is 4.86. The van der Waals surface area contributed by atoms with Crippen molar-refractivity contribution in [2.45, 2.75) is 18.9 Å². The normalized spacial score (nSPS) is 14.9. The Morgan fingerprint density at radius 1 is 1.07 bits per heavy atom. The van der Waals surface area contributed by atoms with Gasteiger partial charge in [-0.25, -0.2) is 14.8 Å². The Balaban J connectivity index is 1.34. The van der Waals surface area contributed by atoms with Crippen LogP contribution >= 0.6 is 11.6 Å². The van der Waals surface area contributed by atoms with Crippen molar-refractivity contribution in [2.24, 2.45) is 0 Å². The van der Waals surface area contributed by atoms with Gasteiger partial charge in [0.15, 0.2) is 0 Å². The molecule has 0 bridgehead atoms. The Labute approximate surface area is 162 Å². The van der Waals surface area contributed by atoms with Crippen molar-refractivity contribution in [3.63, 3.8) is 0 Å². The van der Waals surface area contributed by atoms with Gasteiger partial charge in [-0.2, -0.15) is 0 Å². The molecule has 2 aromatic carbocycles. The van der Waals surface area contributed by atoms with Crippen molar-refractivity contribution in [3.8, 4) is 5.88 Å². The summed E-state index contributed by atoms with van der Waals surface area (Å²) < 4.78 is 6.10. The second-order valence-electron chi connectivity index (χ2n) is 6.44. The number of nitrogens with one attached hydrogen (secondary N) is 1. The van der Waals surface area contributed by atoms with Crippen LogP contribution in [0.5, 0.6) is 5.88 Å². The molecule has 2 amide bonds. The smallest absolute Gasteiger partial charge is 0.321 e. The molecule has 3 aromatic rings. The number of carbonyl (C=O) groups is 1. The van der Waals surface area contributed by atoms with Crippen molar-refractivity contribution in [1.82, 2.24) is 14.9 Å². The molecule has 0 radical (unpaired) electrons. The van der Waals surface area contributed by atoms with E-state index in [9.17, 15) is 4.79 Å². The van der Waals surface area contributed by atoms with Crippen LogP contribution in [-0.2, 0) is 0 Å². The molecule has 1 N–H and O–H groups in total. The molecular weight excluding hydrogens is 364 g/mol. The molecule has 6 nitrogen and oxygen atoms in total. The number of aromatic nitrogens is 2. The van der Waals surface area contributed by atoms with Crippen LogP contribution in [0.15, 0.2) is 54.9 Å². The number of urea groups is 1. The fourth-order valence-electron chi connectivity index (χ4n) is 3.14. The minimum Gasteiger partial charge on any atom is -0.474 e. The summed E-state index contributed by atoms with van der Waals surface area (Å²) in [6.07, 6.45) is 3.06. The predicted molar refractivity (Wildman–Crippen MR) is 105 cm³/mol. The molecule has 4 rings (SSSR count). The highest BCUT2D eigenvalue weighted by atomic mass is 35.5. The summed E-state index contributed by atoms with van der Waals surface area (Å²) in [6, 6.07) is 14.8.